The summed E-state index contributed by atoms with van der Waals surface area (Å²) in [4.78, 5) is 23.9. The number of aryl methyl sites for hydroxylation is 1. The predicted octanol–water partition coefficient (Wildman–Crippen LogP) is 1.78. The van der Waals surface area contributed by atoms with Crippen molar-refractivity contribution >= 4 is 17.2 Å². The maximum atomic E-state index is 11.6. The van der Waals surface area contributed by atoms with Gasteiger partial charge in [0.2, 0.25) is 0 Å². The van der Waals surface area contributed by atoms with Gasteiger partial charge in [0.15, 0.2) is 0 Å². The van der Waals surface area contributed by atoms with Crippen LogP contribution in [-0.4, -0.2) is 47.5 Å². The van der Waals surface area contributed by atoms with Crippen LogP contribution in [0.15, 0.2) is 23.8 Å². The standard InChI is InChI=1S/C16H20N4O2S/c1-11-15(23-10-19-11)9-20-5-6-22-14(8-20)13-4-3-12(7-18-13)16(21)17-2/h3-4,7,10,14H,5-6,8-9H2,1-2H3,(H,17,21). The number of hydrogen-bond acceptors (Lipinski definition) is 6. The van der Waals surface area contributed by atoms with Crippen molar-refractivity contribution < 1.29 is 9.53 Å². The van der Waals surface area contributed by atoms with E-state index in [9.17, 15) is 4.79 Å². The minimum Gasteiger partial charge on any atom is -0.369 e. The molecule has 1 aliphatic heterocycles. The highest BCUT2D eigenvalue weighted by Gasteiger charge is 2.24. The maximum Gasteiger partial charge on any atom is 0.252 e. The number of aromatic nitrogens is 2. The van der Waals surface area contributed by atoms with Gasteiger partial charge in [0.05, 0.1) is 29.1 Å². The number of carbonyl (C=O) groups is 1. The lowest BCUT2D eigenvalue weighted by Gasteiger charge is -2.32. The predicted molar refractivity (Wildman–Crippen MR) is 88.4 cm³/mol. The average molecular weight is 332 g/mol. The molecule has 1 aliphatic rings. The Morgan fingerprint density at radius 1 is 1.48 bits per heavy atom. The highest BCUT2D eigenvalue weighted by molar-refractivity contribution is 7.09. The maximum absolute atomic E-state index is 11.6. The molecule has 2 aromatic heterocycles. The molecule has 3 rings (SSSR count). The highest BCUT2D eigenvalue weighted by atomic mass is 32.1. The summed E-state index contributed by atoms with van der Waals surface area (Å²) >= 11 is 1.69. The summed E-state index contributed by atoms with van der Waals surface area (Å²) in [6, 6.07) is 3.66. The molecule has 0 bridgehead atoms. The molecule has 1 saturated heterocycles. The average Bonchev–Trinajstić information content (AvgIpc) is 2.99. The van der Waals surface area contributed by atoms with Crippen LogP contribution in [-0.2, 0) is 11.3 Å². The van der Waals surface area contributed by atoms with Crippen molar-refractivity contribution in [1.82, 2.24) is 20.2 Å². The molecule has 0 aliphatic carbocycles. The van der Waals surface area contributed by atoms with Crippen LogP contribution < -0.4 is 5.32 Å². The third kappa shape index (κ3) is 3.74. The third-order valence-corrected chi connectivity index (χ3v) is 4.89. The van der Waals surface area contributed by atoms with Gasteiger partial charge in [0, 0.05) is 37.8 Å². The largest absolute Gasteiger partial charge is 0.369 e. The summed E-state index contributed by atoms with van der Waals surface area (Å²) in [5.74, 6) is -0.129. The van der Waals surface area contributed by atoms with Crippen LogP contribution in [0, 0.1) is 6.92 Å². The first-order valence-corrected chi connectivity index (χ1v) is 8.46. The highest BCUT2D eigenvalue weighted by Crippen LogP contribution is 2.23. The van der Waals surface area contributed by atoms with Crippen LogP contribution >= 0.6 is 11.3 Å². The van der Waals surface area contributed by atoms with Crippen LogP contribution in [0.3, 0.4) is 0 Å². The number of carbonyl (C=O) groups excluding carboxylic acids is 1. The van der Waals surface area contributed by atoms with E-state index in [1.807, 2.05) is 18.5 Å². The number of nitrogens with one attached hydrogen (secondary N) is 1. The van der Waals surface area contributed by atoms with Crippen LogP contribution in [0.25, 0.3) is 0 Å². The van der Waals surface area contributed by atoms with Crippen LogP contribution in [0.5, 0.6) is 0 Å². The Bertz CT molecular complexity index is 671. The van der Waals surface area contributed by atoms with Crippen LogP contribution in [0.1, 0.15) is 32.7 Å². The van der Waals surface area contributed by atoms with Gasteiger partial charge in [-0.25, -0.2) is 4.98 Å². The number of hydrogen-bond donors (Lipinski definition) is 1. The van der Waals surface area contributed by atoms with Crippen molar-refractivity contribution in [3.05, 3.63) is 45.7 Å². The van der Waals surface area contributed by atoms with Crippen molar-refractivity contribution in [3.63, 3.8) is 0 Å². The molecule has 2 aromatic rings. The molecule has 6 nitrogen and oxygen atoms in total. The molecule has 1 amide bonds. The normalized spacial score (nSPS) is 18.8. The lowest BCUT2D eigenvalue weighted by atomic mass is 10.1. The smallest absolute Gasteiger partial charge is 0.252 e. The molecule has 3 heterocycles. The number of rotatable bonds is 4. The zero-order valence-corrected chi connectivity index (χ0v) is 14.1. The van der Waals surface area contributed by atoms with E-state index < -0.39 is 0 Å². The van der Waals surface area contributed by atoms with Gasteiger partial charge >= 0.3 is 0 Å². The summed E-state index contributed by atoms with van der Waals surface area (Å²) in [5.41, 5.74) is 4.42. The van der Waals surface area contributed by atoms with Gasteiger partial charge in [-0.2, -0.15) is 0 Å². The zero-order chi connectivity index (χ0) is 16.2. The fraction of sp³-hybridized carbons (Fsp3) is 0.438. The summed E-state index contributed by atoms with van der Waals surface area (Å²) in [6.45, 7) is 5.32. The number of pyridine rings is 1. The minimum absolute atomic E-state index is 0.0595. The second kappa shape index (κ2) is 7.16. The molecule has 1 fully saturated rings. The van der Waals surface area contributed by atoms with Gasteiger partial charge < -0.3 is 10.1 Å². The van der Waals surface area contributed by atoms with Gasteiger partial charge in [-0.05, 0) is 19.1 Å². The topological polar surface area (TPSA) is 67.4 Å². The SMILES string of the molecule is CNC(=O)c1ccc(C2CN(Cc3scnc3C)CCO2)nc1. The number of thiazole rings is 1. The van der Waals surface area contributed by atoms with Gasteiger partial charge in [-0.1, -0.05) is 0 Å². The first-order chi connectivity index (χ1) is 11.2. The van der Waals surface area contributed by atoms with E-state index in [4.69, 9.17) is 4.74 Å². The first-order valence-electron chi connectivity index (χ1n) is 7.58. The minimum atomic E-state index is -0.129. The number of nitrogens with zero attached hydrogens (tertiary/aromatic N) is 3. The molecule has 0 radical (unpaired) electrons. The van der Waals surface area contributed by atoms with Crippen LogP contribution in [0.2, 0.25) is 0 Å². The third-order valence-electron chi connectivity index (χ3n) is 3.97. The van der Waals surface area contributed by atoms with E-state index in [0.29, 0.717) is 12.2 Å². The van der Waals surface area contributed by atoms with E-state index in [2.05, 4.69) is 20.2 Å². The van der Waals surface area contributed by atoms with Gasteiger partial charge in [0.25, 0.3) is 5.91 Å². The molecule has 7 heteroatoms. The quantitative estimate of drug-likeness (QED) is 0.924. The van der Waals surface area contributed by atoms with Crippen molar-refractivity contribution in [3.8, 4) is 0 Å². The summed E-state index contributed by atoms with van der Waals surface area (Å²) < 4.78 is 5.85. The van der Waals surface area contributed by atoms with E-state index in [1.165, 1.54) is 4.88 Å². The fourth-order valence-electron chi connectivity index (χ4n) is 2.58. The summed E-state index contributed by atoms with van der Waals surface area (Å²) in [7, 11) is 1.61. The summed E-state index contributed by atoms with van der Waals surface area (Å²) in [5, 5.41) is 2.59. The first kappa shape index (κ1) is 16.0. The lowest BCUT2D eigenvalue weighted by molar-refractivity contribution is -0.0347. The number of amides is 1. The van der Waals surface area contributed by atoms with Gasteiger partial charge in [0.1, 0.15) is 6.10 Å². The Morgan fingerprint density at radius 3 is 3.00 bits per heavy atom. The van der Waals surface area contributed by atoms with Crippen molar-refractivity contribution in [2.45, 2.75) is 19.6 Å². The van der Waals surface area contributed by atoms with E-state index in [0.717, 1.165) is 31.0 Å². The van der Waals surface area contributed by atoms with E-state index >= 15 is 0 Å². The summed E-state index contributed by atoms with van der Waals surface area (Å²) in [6.07, 6.45) is 1.54. The molecular weight excluding hydrogens is 312 g/mol. The molecule has 1 unspecified atom stereocenters. The van der Waals surface area contributed by atoms with Gasteiger partial charge in [-0.3, -0.25) is 14.7 Å². The molecule has 1 N–H and O–H groups in total. The molecule has 122 valence electrons. The number of morpholine rings is 1. The monoisotopic (exact) mass is 332 g/mol. The molecule has 0 saturated carbocycles. The Kier molecular flexibility index (Phi) is 5.00. The fourth-order valence-corrected chi connectivity index (χ4v) is 3.40. The lowest BCUT2D eigenvalue weighted by Crippen LogP contribution is -2.38. The Morgan fingerprint density at radius 2 is 2.35 bits per heavy atom. The molecule has 23 heavy (non-hydrogen) atoms. The Labute approximate surface area is 139 Å². The molecular formula is C16H20N4O2S. The van der Waals surface area contributed by atoms with E-state index in [1.54, 1.807) is 30.6 Å². The van der Waals surface area contributed by atoms with Gasteiger partial charge in [-0.15, -0.1) is 11.3 Å². The zero-order valence-electron chi connectivity index (χ0n) is 13.3. The second-order valence-electron chi connectivity index (χ2n) is 5.51. The van der Waals surface area contributed by atoms with Crippen molar-refractivity contribution in [1.29, 1.82) is 0 Å². The van der Waals surface area contributed by atoms with E-state index in [-0.39, 0.29) is 12.0 Å². The van der Waals surface area contributed by atoms with Crippen LogP contribution in [0.4, 0.5) is 0 Å². The number of ether oxygens (including phenoxy) is 1. The molecule has 0 aromatic carbocycles. The van der Waals surface area contributed by atoms with Crippen molar-refractivity contribution in [2.75, 3.05) is 26.7 Å². The van der Waals surface area contributed by atoms with Crippen molar-refractivity contribution in [2.24, 2.45) is 0 Å². The Hall–Kier alpha value is -1.83. The second-order valence-corrected chi connectivity index (χ2v) is 6.45. The molecule has 1 atom stereocenters. The Balaban J connectivity index is 1.66. The molecule has 0 spiro atoms.